The molecule has 2 fully saturated rings. The highest BCUT2D eigenvalue weighted by molar-refractivity contribution is 4.93. The lowest BCUT2D eigenvalue weighted by molar-refractivity contribution is 0.121. The van der Waals surface area contributed by atoms with Gasteiger partial charge in [0.05, 0.1) is 6.61 Å². The molecule has 100 valence electrons. The fraction of sp³-hybridized carbons (Fsp3) is 1.00. The Bertz CT molecular complexity index is 225. The van der Waals surface area contributed by atoms with E-state index >= 15 is 0 Å². The molecule has 0 saturated heterocycles. The van der Waals surface area contributed by atoms with Crippen molar-refractivity contribution in [1.29, 1.82) is 0 Å². The third-order valence-electron chi connectivity index (χ3n) is 4.89. The smallest absolute Gasteiger partial charge is 0.0613 e. The molecular formula is C15H29NO. The van der Waals surface area contributed by atoms with Gasteiger partial charge in [0.1, 0.15) is 0 Å². The second-order valence-corrected chi connectivity index (χ2v) is 6.45. The van der Waals surface area contributed by atoms with Crippen LogP contribution in [0.4, 0.5) is 0 Å². The Hall–Kier alpha value is -0.0800. The lowest BCUT2D eigenvalue weighted by atomic mass is 9.86. The molecule has 0 aromatic rings. The van der Waals surface area contributed by atoms with Gasteiger partial charge < -0.3 is 10.4 Å². The summed E-state index contributed by atoms with van der Waals surface area (Å²) in [5, 5.41) is 13.7. The first-order valence-corrected chi connectivity index (χ1v) is 7.63. The van der Waals surface area contributed by atoms with Crippen molar-refractivity contribution in [2.45, 2.75) is 82.7 Å². The minimum atomic E-state index is 0.0484. The molecule has 2 unspecified atom stereocenters. The Kier molecular flexibility index (Phi) is 4.87. The molecule has 0 aromatic carbocycles. The molecule has 0 amide bonds. The van der Waals surface area contributed by atoms with E-state index in [0.717, 1.165) is 5.92 Å². The molecule has 0 bridgehead atoms. The number of nitrogens with one attached hydrogen (secondary N) is 1. The first-order chi connectivity index (χ1) is 8.24. The van der Waals surface area contributed by atoms with E-state index in [2.05, 4.69) is 12.2 Å². The third kappa shape index (κ3) is 3.69. The van der Waals surface area contributed by atoms with E-state index in [1.807, 2.05) is 0 Å². The maximum atomic E-state index is 9.82. The highest BCUT2D eigenvalue weighted by atomic mass is 16.3. The van der Waals surface area contributed by atoms with E-state index < -0.39 is 0 Å². The molecule has 2 N–H and O–H groups in total. The molecule has 0 aliphatic heterocycles. The summed E-state index contributed by atoms with van der Waals surface area (Å²) in [6.45, 7) is 2.68. The van der Waals surface area contributed by atoms with E-state index in [1.165, 1.54) is 64.2 Å². The van der Waals surface area contributed by atoms with Crippen LogP contribution in [0.3, 0.4) is 0 Å². The van der Waals surface area contributed by atoms with Gasteiger partial charge in [-0.25, -0.2) is 0 Å². The molecule has 2 heteroatoms. The number of hydrogen-bond acceptors (Lipinski definition) is 2. The van der Waals surface area contributed by atoms with Crippen molar-refractivity contribution in [3.8, 4) is 0 Å². The number of aliphatic hydroxyl groups is 1. The van der Waals surface area contributed by atoms with Crippen LogP contribution in [-0.2, 0) is 0 Å². The zero-order chi connectivity index (χ0) is 12.1. The molecule has 17 heavy (non-hydrogen) atoms. The average molecular weight is 239 g/mol. The standard InChI is InChI=1S/C15H29NO/c1-13-6-5-10-15(12-17,11-9-13)16-14-7-3-2-4-8-14/h13-14,16-17H,2-12H2,1H3. The predicted octanol–water partition coefficient (Wildman–Crippen LogP) is 3.24. The number of aliphatic hydroxyl groups excluding tert-OH is 1. The maximum absolute atomic E-state index is 9.82. The van der Waals surface area contributed by atoms with E-state index in [9.17, 15) is 5.11 Å². The van der Waals surface area contributed by atoms with E-state index in [4.69, 9.17) is 0 Å². The van der Waals surface area contributed by atoms with Crippen LogP contribution >= 0.6 is 0 Å². The Balaban J connectivity index is 1.92. The second-order valence-electron chi connectivity index (χ2n) is 6.45. The molecule has 0 spiro atoms. The molecule has 2 rings (SSSR count). The van der Waals surface area contributed by atoms with Crippen LogP contribution in [0.15, 0.2) is 0 Å². The normalized spacial score (nSPS) is 36.7. The molecular weight excluding hydrogens is 210 g/mol. The van der Waals surface area contributed by atoms with Crippen molar-refractivity contribution in [1.82, 2.24) is 5.32 Å². The fourth-order valence-corrected chi connectivity index (χ4v) is 3.61. The second kappa shape index (κ2) is 6.19. The van der Waals surface area contributed by atoms with Gasteiger partial charge in [-0.2, -0.15) is 0 Å². The van der Waals surface area contributed by atoms with Crippen LogP contribution in [0.2, 0.25) is 0 Å². The molecule has 2 saturated carbocycles. The lowest BCUT2D eigenvalue weighted by Gasteiger charge is -2.38. The van der Waals surface area contributed by atoms with Crippen LogP contribution in [0, 0.1) is 5.92 Å². The Morgan fingerprint density at radius 1 is 1.00 bits per heavy atom. The molecule has 0 radical (unpaired) electrons. The topological polar surface area (TPSA) is 32.3 Å². The van der Waals surface area contributed by atoms with E-state index in [0.29, 0.717) is 12.6 Å². The van der Waals surface area contributed by atoms with Crippen LogP contribution in [-0.4, -0.2) is 23.3 Å². The number of hydrogen-bond donors (Lipinski definition) is 2. The summed E-state index contributed by atoms with van der Waals surface area (Å²) in [7, 11) is 0. The first kappa shape index (κ1) is 13.4. The van der Waals surface area contributed by atoms with Crippen molar-refractivity contribution < 1.29 is 5.11 Å². The summed E-state index contributed by atoms with van der Waals surface area (Å²) in [6, 6.07) is 0.671. The maximum Gasteiger partial charge on any atom is 0.0613 e. The largest absolute Gasteiger partial charge is 0.394 e. The zero-order valence-electron chi connectivity index (χ0n) is 11.4. The molecule has 0 heterocycles. The number of rotatable bonds is 3. The van der Waals surface area contributed by atoms with Crippen molar-refractivity contribution in [3.63, 3.8) is 0 Å². The van der Waals surface area contributed by atoms with E-state index in [1.54, 1.807) is 0 Å². The van der Waals surface area contributed by atoms with Crippen LogP contribution in [0.25, 0.3) is 0 Å². The summed E-state index contributed by atoms with van der Waals surface area (Å²) in [4.78, 5) is 0. The average Bonchev–Trinajstić information content (AvgIpc) is 2.54. The van der Waals surface area contributed by atoms with Gasteiger partial charge in [-0.15, -0.1) is 0 Å². The quantitative estimate of drug-likeness (QED) is 0.741. The third-order valence-corrected chi connectivity index (χ3v) is 4.89. The Morgan fingerprint density at radius 2 is 1.76 bits per heavy atom. The van der Waals surface area contributed by atoms with Crippen molar-refractivity contribution >= 4 is 0 Å². The Morgan fingerprint density at radius 3 is 2.47 bits per heavy atom. The summed E-state index contributed by atoms with van der Waals surface area (Å²) >= 11 is 0. The van der Waals surface area contributed by atoms with E-state index in [-0.39, 0.29) is 5.54 Å². The van der Waals surface area contributed by atoms with Gasteiger partial charge in [0, 0.05) is 11.6 Å². The Labute approximate surface area is 106 Å². The minimum absolute atomic E-state index is 0.0484. The predicted molar refractivity (Wildman–Crippen MR) is 72.1 cm³/mol. The van der Waals surface area contributed by atoms with Gasteiger partial charge in [0.25, 0.3) is 0 Å². The van der Waals surface area contributed by atoms with Crippen molar-refractivity contribution in [3.05, 3.63) is 0 Å². The molecule has 2 atom stereocenters. The van der Waals surface area contributed by atoms with Crippen molar-refractivity contribution in [2.75, 3.05) is 6.61 Å². The van der Waals surface area contributed by atoms with Gasteiger partial charge in [-0.1, -0.05) is 39.0 Å². The van der Waals surface area contributed by atoms with Gasteiger partial charge in [0.2, 0.25) is 0 Å². The van der Waals surface area contributed by atoms with Gasteiger partial charge in [-0.05, 0) is 38.0 Å². The SMILES string of the molecule is CC1CCCC(CO)(NC2CCCCC2)CC1. The van der Waals surface area contributed by atoms with Crippen LogP contribution < -0.4 is 5.32 Å². The van der Waals surface area contributed by atoms with Gasteiger partial charge in [-0.3, -0.25) is 0 Å². The van der Waals surface area contributed by atoms with Gasteiger partial charge in [0.15, 0.2) is 0 Å². The monoisotopic (exact) mass is 239 g/mol. The van der Waals surface area contributed by atoms with Crippen LogP contribution in [0.5, 0.6) is 0 Å². The van der Waals surface area contributed by atoms with Crippen LogP contribution in [0.1, 0.15) is 71.1 Å². The summed E-state index contributed by atoms with van der Waals surface area (Å²) in [6.07, 6.45) is 13.0. The summed E-state index contributed by atoms with van der Waals surface area (Å²) < 4.78 is 0. The zero-order valence-corrected chi connectivity index (χ0v) is 11.4. The molecule has 2 aliphatic rings. The van der Waals surface area contributed by atoms with Crippen molar-refractivity contribution in [2.24, 2.45) is 5.92 Å². The molecule has 2 aliphatic carbocycles. The minimum Gasteiger partial charge on any atom is -0.394 e. The first-order valence-electron chi connectivity index (χ1n) is 7.63. The summed E-state index contributed by atoms with van der Waals surface area (Å²) in [5.74, 6) is 0.844. The highest BCUT2D eigenvalue weighted by Gasteiger charge is 2.33. The lowest BCUT2D eigenvalue weighted by Crippen LogP contribution is -2.53. The molecule has 2 nitrogen and oxygen atoms in total. The van der Waals surface area contributed by atoms with Gasteiger partial charge >= 0.3 is 0 Å². The summed E-state index contributed by atoms with van der Waals surface area (Å²) in [5.41, 5.74) is 0.0484. The molecule has 0 aromatic heterocycles. The fourth-order valence-electron chi connectivity index (χ4n) is 3.61. The highest BCUT2D eigenvalue weighted by Crippen LogP contribution is 2.32.